The summed E-state index contributed by atoms with van der Waals surface area (Å²) < 4.78 is 5.72. The highest BCUT2D eigenvalue weighted by Gasteiger charge is 2.66. The number of hydrogen-bond acceptors (Lipinski definition) is 5. The van der Waals surface area contributed by atoms with E-state index in [1.807, 2.05) is 0 Å². The van der Waals surface area contributed by atoms with Gasteiger partial charge in [0.15, 0.2) is 0 Å². The lowest BCUT2D eigenvalue weighted by atomic mass is 9.42. The number of ketones is 1. The van der Waals surface area contributed by atoms with Crippen molar-refractivity contribution in [3.63, 3.8) is 0 Å². The minimum Gasteiger partial charge on any atom is -0.462 e. The molecule has 0 heterocycles. The van der Waals surface area contributed by atoms with E-state index < -0.39 is 5.60 Å². The van der Waals surface area contributed by atoms with Gasteiger partial charge in [0.25, 0.3) is 0 Å². The topological polar surface area (TPSA) is 89.6 Å². The van der Waals surface area contributed by atoms with Crippen LogP contribution in [0.15, 0.2) is 12.2 Å². The first kappa shape index (κ1) is 21.0. The Balaban J connectivity index is 1.58. The van der Waals surface area contributed by atoms with Crippen LogP contribution in [0.25, 0.3) is 0 Å². The van der Waals surface area contributed by atoms with Gasteiger partial charge in [0.2, 0.25) is 0 Å². The molecule has 4 saturated carbocycles. The highest BCUT2D eigenvalue weighted by Crippen LogP contribution is 2.67. The van der Waals surface area contributed by atoms with Gasteiger partial charge >= 0.3 is 5.97 Å². The molecule has 0 aromatic heterocycles. The summed E-state index contributed by atoms with van der Waals surface area (Å²) in [6, 6.07) is 0. The van der Waals surface area contributed by atoms with E-state index >= 15 is 0 Å². The van der Waals surface area contributed by atoms with E-state index in [0.717, 1.165) is 44.1 Å². The molecule has 29 heavy (non-hydrogen) atoms. The molecule has 5 nitrogen and oxygen atoms in total. The number of ether oxygens (including phenoxy) is 1. The van der Waals surface area contributed by atoms with Gasteiger partial charge in [-0.1, -0.05) is 27.4 Å². The van der Waals surface area contributed by atoms with E-state index in [1.54, 1.807) is 6.92 Å². The molecule has 0 amide bonds. The molecule has 0 radical (unpaired) electrons. The number of esters is 1. The predicted molar refractivity (Wildman–Crippen MR) is 111 cm³/mol. The Morgan fingerprint density at radius 3 is 2.69 bits per heavy atom. The Kier molecular flexibility index (Phi) is 5.02. The molecule has 0 aromatic rings. The zero-order valence-electron chi connectivity index (χ0n) is 18.2. The van der Waals surface area contributed by atoms with Crippen molar-refractivity contribution in [1.82, 2.24) is 0 Å². The average Bonchev–Trinajstić information content (AvgIpc) is 2.98. The van der Waals surface area contributed by atoms with Crippen LogP contribution in [0.1, 0.15) is 72.1 Å². The lowest BCUT2D eigenvalue weighted by molar-refractivity contribution is -0.198. The Morgan fingerprint density at radius 2 is 2.00 bits per heavy atom. The molecule has 162 valence electrons. The number of fused-ring (bicyclic) bond motifs is 5. The Labute approximate surface area is 174 Å². The molecule has 0 aliphatic heterocycles. The van der Waals surface area contributed by atoms with E-state index in [4.69, 9.17) is 10.5 Å². The molecule has 0 saturated heterocycles. The molecule has 4 rings (SSSR count). The van der Waals surface area contributed by atoms with Crippen LogP contribution in [0.4, 0.5) is 0 Å². The lowest BCUT2D eigenvalue weighted by Gasteiger charge is -2.64. The van der Waals surface area contributed by atoms with Crippen LogP contribution in [0.5, 0.6) is 0 Å². The molecule has 5 heteroatoms. The number of hydrogen-bond donors (Lipinski definition) is 2. The van der Waals surface area contributed by atoms with Crippen LogP contribution in [-0.4, -0.2) is 35.1 Å². The molecular formula is C24H37NO4. The standard InChI is InChI=1S/C24H37NO4/c1-14(13-25)21(27)29-16-7-10-23(4)19-8-9-22(3)18(5-6-20(22)26)17(19)11-15(2)24(23,28)12-16/h14,16-19,28H,2,5-13,25H2,1,3-4H3/t14?,16?,17-,18-,19+,22-,23+,24?/m0/s1. The van der Waals surface area contributed by atoms with Gasteiger partial charge in [-0.25, -0.2) is 0 Å². The average molecular weight is 404 g/mol. The Bertz CT molecular complexity index is 734. The summed E-state index contributed by atoms with van der Waals surface area (Å²) in [6.07, 6.45) is 6.11. The van der Waals surface area contributed by atoms with Crippen molar-refractivity contribution in [3.8, 4) is 0 Å². The van der Waals surface area contributed by atoms with Crippen LogP contribution in [0.2, 0.25) is 0 Å². The van der Waals surface area contributed by atoms with Crippen molar-refractivity contribution in [2.45, 2.75) is 83.8 Å². The maximum absolute atomic E-state index is 12.6. The SMILES string of the molecule is C=C1C[C@@H]2[C@@H](CC[C@]3(C)C(=O)CC[C@@H]23)[C@@]2(C)CCC(OC(=O)C(C)CN)CC12O. The second kappa shape index (κ2) is 6.91. The third kappa shape index (κ3) is 2.87. The second-order valence-electron chi connectivity index (χ2n) is 10.8. The normalized spacial score (nSPS) is 47.8. The summed E-state index contributed by atoms with van der Waals surface area (Å²) in [4.78, 5) is 24.9. The lowest BCUT2D eigenvalue weighted by Crippen LogP contribution is -2.64. The highest BCUT2D eigenvalue weighted by molar-refractivity contribution is 5.87. The van der Waals surface area contributed by atoms with Crippen LogP contribution < -0.4 is 5.73 Å². The summed E-state index contributed by atoms with van der Waals surface area (Å²) in [5.74, 6) is 1.06. The summed E-state index contributed by atoms with van der Waals surface area (Å²) in [5.41, 5.74) is 5.00. The first-order valence-electron chi connectivity index (χ1n) is 11.4. The van der Waals surface area contributed by atoms with Crippen LogP contribution in [-0.2, 0) is 14.3 Å². The maximum atomic E-state index is 12.6. The van der Waals surface area contributed by atoms with Crippen LogP contribution in [0, 0.1) is 34.5 Å². The molecule has 0 bridgehead atoms. The van der Waals surface area contributed by atoms with E-state index in [1.165, 1.54) is 0 Å². The smallest absolute Gasteiger partial charge is 0.310 e. The summed E-state index contributed by atoms with van der Waals surface area (Å²) in [6.45, 7) is 10.8. The van der Waals surface area contributed by atoms with Gasteiger partial charge < -0.3 is 15.6 Å². The number of rotatable bonds is 3. The first-order valence-corrected chi connectivity index (χ1v) is 11.4. The largest absolute Gasteiger partial charge is 0.462 e. The van der Waals surface area contributed by atoms with Crippen LogP contribution >= 0.6 is 0 Å². The van der Waals surface area contributed by atoms with Gasteiger partial charge in [0.1, 0.15) is 11.9 Å². The fourth-order valence-electron chi connectivity index (χ4n) is 7.44. The third-order valence-electron chi connectivity index (χ3n) is 9.52. The molecule has 3 unspecified atom stereocenters. The quantitative estimate of drug-likeness (QED) is 0.557. The summed E-state index contributed by atoms with van der Waals surface area (Å²) in [7, 11) is 0. The van der Waals surface area contributed by atoms with Gasteiger partial charge in [-0.2, -0.15) is 0 Å². The van der Waals surface area contributed by atoms with E-state index in [-0.39, 0.29) is 35.4 Å². The van der Waals surface area contributed by atoms with Gasteiger partial charge in [-0.15, -0.1) is 0 Å². The second-order valence-corrected chi connectivity index (χ2v) is 10.8. The number of carbonyl (C=O) groups is 2. The third-order valence-corrected chi connectivity index (χ3v) is 9.52. The van der Waals surface area contributed by atoms with Crippen molar-refractivity contribution in [1.29, 1.82) is 0 Å². The Morgan fingerprint density at radius 1 is 1.28 bits per heavy atom. The zero-order chi connectivity index (χ0) is 21.2. The van der Waals surface area contributed by atoms with E-state index in [2.05, 4.69) is 20.4 Å². The molecular weight excluding hydrogens is 366 g/mol. The molecule has 4 aliphatic rings. The Hall–Kier alpha value is -1.20. The maximum Gasteiger partial charge on any atom is 0.310 e. The number of carbonyl (C=O) groups excluding carboxylic acids is 2. The van der Waals surface area contributed by atoms with Gasteiger partial charge in [0, 0.05) is 30.2 Å². The van der Waals surface area contributed by atoms with E-state index in [0.29, 0.717) is 36.4 Å². The van der Waals surface area contributed by atoms with Gasteiger partial charge in [0.05, 0.1) is 11.5 Å². The fraction of sp³-hybridized carbons (Fsp3) is 0.833. The molecule has 3 N–H and O–H groups in total. The van der Waals surface area contributed by atoms with Crippen molar-refractivity contribution in [3.05, 3.63) is 12.2 Å². The van der Waals surface area contributed by atoms with Gasteiger partial charge in [-0.3, -0.25) is 9.59 Å². The van der Waals surface area contributed by atoms with E-state index in [9.17, 15) is 14.7 Å². The molecule has 8 atom stereocenters. The highest BCUT2D eigenvalue weighted by atomic mass is 16.5. The first-order chi connectivity index (χ1) is 13.6. The fourth-order valence-corrected chi connectivity index (χ4v) is 7.44. The molecule has 4 fully saturated rings. The molecule has 0 spiro atoms. The minimum atomic E-state index is -1.01. The molecule has 4 aliphatic carbocycles. The zero-order valence-corrected chi connectivity index (χ0v) is 18.2. The number of aliphatic hydroxyl groups is 1. The van der Waals surface area contributed by atoms with Crippen molar-refractivity contribution >= 4 is 11.8 Å². The summed E-state index contributed by atoms with van der Waals surface area (Å²) in [5, 5.41) is 11.9. The predicted octanol–water partition coefficient (Wildman–Crippen LogP) is 3.39. The number of Topliss-reactive ketones (excluding diaryl/α,β-unsaturated/α-hetero) is 1. The van der Waals surface area contributed by atoms with Crippen molar-refractivity contribution < 1.29 is 19.4 Å². The summed E-state index contributed by atoms with van der Waals surface area (Å²) >= 11 is 0. The number of nitrogens with two attached hydrogens (primary N) is 1. The monoisotopic (exact) mass is 403 g/mol. The van der Waals surface area contributed by atoms with Crippen LogP contribution in [0.3, 0.4) is 0 Å². The molecule has 0 aromatic carbocycles. The minimum absolute atomic E-state index is 0.182. The van der Waals surface area contributed by atoms with Gasteiger partial charge in [-0.05, 0) is 61.9 Å². The van der Waals surface area contributed by atoms with Crippen molar-refractivity contribution in [2.24, 2.45) is 40.2 Å². The van der Waals surface area contributed by atoms with Crippen molar-refractivity contribution in [2.75, 3.05) is 6.54 Å².